The van der Waals surface area contributed by atoms with Crippen LogP contribution in [0.2, 0.25) is 0 Å². The minimum atomic E-state index is 0.0354. The summed E-state index contributed by atoms with van der Waals surface area (Å²) in [6.45, 7) is 8.65. The Morgan fingerprint density at radius 2 is 1.67 bits per heavy atom. The van der Waals surface area contributed by atoms with Crippen LogP contribution in [0.4, 0.5) is 0 Å². The zero-order valence-corrected chi connectivity index (χ0v) is 15.8. The fourth-order valence-electron chi connectivity index (χ4n) is 2.45. The molecule has 2 aromatic carbocycles. The molecule has 1 unspecified atom stereocenters. The Bertz CT molecular complexity index is 644. The van der Waals surface area contributed by atoms with E-state index < -0.39 is 0 Å². The van der Waals surface area contributed by atoms with Crippen molar-refractivity contribution in [3.8, 4) is 0 Å². The van der Waals surface area contributed by atoms with Gasteiger partial charge < -0.3 is 5.32 Å². The van der Waals surface area contributed by atoms with Gasteiger partial charge in [0.2, 0.25) is 5.91 Å². The highest BCUT2D eigenvalue weighted by molar-refractivity contribution is 7.99. The van der Waals surface area contributed by atoms with Crippen LogP contribution >= 0.6 is 11.8 Å². The number of hydrogen-bond acceptors (Lipinski definition) is 2. The predicted octanol–water partition coefficient (Wildman–Crippen LogP) is 5.34. The zero-order valence-electron chi connectivity index (χ0n) is 15.0. The Hall–Kier alpha value is -1.74. The lowest BCUT2D eigenvalue weighted by molar-refractivity contribution is -0.121. The lowest BCUT2D eigenvalue weighted by Gasteiger charge is -2.20. The molecule has 0 saturated heterocycles. The summed E-state index contributed by atoms with van der Waals surface area (Å²) in [6, 6.07) is 18.8. The van der Waals surface area contributed by atoms with Crippen molar-refractivity contribution in [1.82, 2.24) is 5.32 Å². The second-order valence-corrected chi connectivity index (χ2v) is 8.24. The smallest absolute Gasteiger partial charge is 0.221 e. The second kappa shape index (κ2) is 8.39. The Balaban J connectivity index is 1.80. The fourth-order valence-corrected chi connectivity index (χ4v) is 3.32. The molecule has 0 aliphatic heterocycles. The molecule has 3 heteroatoms. The van der Waals surface area contributed by atoms with Gasteiger partial charge >= 0.3 is 0 Å². The topological polar surface area (TPSA) is 29.1 Å². The van der Waals surface area contributed by atoms with Crippen molar-refractivity contribution >= 4 is 17.7 Å². The molecule has 24 heavy (non-hydrogen) atoms. The van der Waals surface area contributed by atoms with Gasteiger partial charge in [-0.05, 0) is 35.6 Å². The summed E-state index contributed by atoms with van der Waals surface area (Å²) < 4.78 is 0. The molecule has 2 aromatic rings. The number of rotatable bonds is 6. The molecule has 0 heterocycles. The molecule has 0 aliphatic rings. The predicted molar refractivity (Wildman–Crippen MR) is 103 cm³/mol. The van der Waals surface area contributed by atoms with Gasteiger partial charge in [-0.2, -0.15) is 0 Å². The maximum atomic E-state index is 12.1. The maximum Gasteiger partial charge on any atom is 0.221 e. The molecule has 0 spiro atoms. The summed E-state index contributed by atoms with van der Waals surface area (Å²) >= 11 is 1.72. The van der Waals surface area contributed by atoms with Gasteiger partial charge in [-0.3, -0.25) is 4.79 Å². The van der Waals surface area contributed by atoms with E-state index in [9.17, 15) is 4.79 Å². The number of nitrogens with one attached hydrogen (secondary N) is 1. The minimum Gasteiger partial charge on any atom is -0.350 e. The lowest BCUT2D eigenvalue weighted by Crippen LogP contribution is -2.26. The van der Waals surface area contributed by atoms with E-state index in [1.54, 1.807) is 11.8 Å². The first-order valence-electron chi connectivity index (χ1n) is 8.44. The molecule has 1 atom stereocenters. The van der Waals surface area contributed by atoms with Crippen molar-refractivity contribution in [2.45, 2.75) is 50.5 Å². The number of hydrogen-bond donors (Lipinski definition) is 1. The Kier molecular flexibility index (Phi) is 6.50. The van der Waals surface area contributed by atoms with Crippen LogP contribution in [0.15, 0.2) is 59.5 Å². The zero-order chi connectivity index (χ0) is 17.6. The Labute approximate surface area is 150 Å². The fraction of sp³-hybridized carbons (Fsp3) is 0.381. The third-order valence-corrected chi connectivity index (χ3v) is 5.01. The normalized spacial score (nSPS) is 12.7. The van der Waals surface area contributed by atoms with Crippen LogP contribution in [-0.4, -0.2) is 11.7 Å². The Morgan fingerprint density at radius 1 is 1.04 bits per heavy atom. The molecular weight excluding hydrogens is 314 g/mol. The third-order valence-electron chi connectivity index (χ3n) is 4.00. The quantitative estimate of drug-likeness (QED) is 0.718. The standard InChI is InChI=1S/C21H27NOS/c1-16(17-10-12-18(13-11-17)21(2,3)4)22-20(23)14-15-24-19-8-6-5-7-9-19/h5-13,16H,14-15H2,1-4H3,(H,22,23). The van der Waals surface area contributed by atoms with E-state index in [2.05, 4.69) is 62.5 Å². The van der Waals surface area contributed by atoms with Gasteiger partial charge in [-0.1, -0.05) is 63.2 Å². The van der Waals surface area contributed by atoms with Crippen LogP contribution < -0.4 is 5.32 Å². The van der Waals surface area contributed by atoms with Crippen LogP contribution in [0.5, 0.6) is 0 Å². The summed E-state index contributed by atoms with van der Waals surface area (Å²) in [7, 11) is 0. The highest BCUT2D eigenvalue weighted by Crippen LogP contribution is 2.24. The van der Waals surface area contributed by atoms with Gasteiger partial charge in [0.05, 0.1) is 6.04 Å². The van der Waals surface area contributed by atoms with Gasteiger partial charge in [0, 0.05) is 17.1 Å². The van der Waals surface area contributed by atoms with Crippen molar-refractivity contribution in [1.29, 1.82) is 0 Å². The summed E-state index contributed by atoms with van der Waals surface area (Å²) in [4.78, 5) is 13.3. The van der Waals surface area contributed by atoms with Crippen molar-refractivity contribution in [2.75, 3.05) is 5.75 Å². The molecule has 0 aromatic heterocycles. The van der Waals surface area contributed by atoms with Gasteiger partial charge in [0.25, 0.3) is 0 Å². The molecule has 1 N–H and O–H groups in total. The van der Waals surface area contributed by atoms with Gasteiger partial charge in [0.1, 0.15) is 0 Å². The number of amides is 1. The molecule has 2 nitrogen and oxygen atoms in total. The largest absolute Gasteiger partial charge is 0.350 e. The summed E-state index contributed by atoms with van der Waals surface area (Å²) in [6.07, 6.45) is 0.532. The summed E-state index contributed by atoms with van der Waals surface area (Å²) in [5.74, 6) is 0.900. The van der Waals surface area contributed by atoms with E-state index in [1.807, 2.05) is 25.1 Å². The first-order valence-corrected chi connectivity index (χ1v) is 9.42. The van der Waals surface area contributed by atoms with Crippen molar-refractivity contribution in [3.05, 3.63) is 65.7 Å². The van der Waals surface area contributed by atoms with E-state index >= 15 is 0 Å². The molecule has 0 aliphatic carbocycles. The van der Waals surface area contributed by atoms with Crippen LogP contribution in [0.3, 0.4) is 0 Å². The van der Waals surface area contributed by atoms with Crippen molar-refractivity contribution < 1.29 is 4.79 Å². The van der Waals surface area contributed by atoms with Crippen LogP contribution in [0, 0.1) is 0 Å². The van der Waals surface area contributed by atoms with E-state index in [0.717, 1.165) is 11.3 Å². The van der Waals surface area contributed by atoms with Crippen LogP contribution in [0.25, 0.3) is 0 Å². The first kappa shape index (κ1) is 18.6. The van der Waals surface area contributed by atoms with Crippen LogP contribution in [0.1, 0.15) is 51.3 Å². The molecular formula is C21H27NOS. The number of benzene rings is 2. The summed E-state index contributed by atoms with van der Waals surface area (Å²) in [5.41, 5.74) is 2.61. The van der Waals surface area contributed by atoms with E-state index in [0.29, 0.717) is 6.42 Å². The molecule has 0 radical (unpaired) electrons. The number of carbonyl (C=O) groups is 1. The lowest BCUT2D eigenvalue weighted by atomic mass is 9.86. The van der Waals surface area contributed by atoms with Gasteiger partial charge in [-0.15, -0.1) is 11.8 Å². The van der Waals surface area contributed by atoms with E-state index in [-0.39, 0.29) is 17.4 Å². The molecule has 0 fully saturated rings. The van der Waals surface area contributed by atoms with Gasteiger partial charge in [-0.25, -0.2) is 0 Å². The molecule has 0 saturated carbocycles. The minimum absolute atomic E-state index is 0.0354. The highest BCUT2D eigenvalue weighted by atomic mass is 32.2. The molecule has 2 rings (SSSR count). The molecule has 0 bridgehead atoms. The SMILES string of the molecule is CC(NC(=O)CCSc1ccccc1)c1ccc(C(C)(C)C)cc1. The maximum absolute atomic E-state index is 12.1. The average Bonchev–Trinajstić information content (AvgIpc) is 2.55. The molecule has 128 valence electrons. The van der Waals surface area contributed by atoms with Crippen molar-refractivity contribution in [2.24, 2.45) is 0 Å². The van der Waals surface area contributed by atoms with Gasteiger partial charge in [0.15, 0.2) is 0 Å². The summed E-state index contributed by atoms with van der Waals surface area (Å²) in [5, 5.41) is 3.09. The third kappa shape index (κ3) is 5.72. The average molecular weight is 342 g/mol. The molecule has 1 amide bonds. The van der Waals surface area contributed by atoms with Crippen molar-refractivity contribution in [3.63, 3.8) is 0 Å². The van der Waals surface area contributed by atoms with E-state index in [1.165, 1.54) is 10.5 Å². The second-order valence-electron chi connectivity index (χ2n) is 7.07. The first-order chi connectivity index (χ1) is 11.4. The Morgan fingerprint density at radius 3 is 2.25 bits per heavy atom. The highest BCUT2D eigenvalue weighted by Gasteiger charge is 2.14. The monoisotopic (exact) mass is 341 g/mol. The number of thioether (sulfide) groups is 1. The van der Waals surface area contributed by atoms with Crippen LogP contribution in [-0.2, 0) is 10.2 Å². The van der Waals surface area contributed by atoms with E-state index in [4.69, 9.17) is 0 Å². The number of carbonyl (C=O) groups excluding carboxylic acids is 1.